The second-order valence-corrected chi connectivity index (χ2v) is 2.83. The molecule has 0 saturated carbocycles. The van der Waals surface area contributed by atoms with E-state index in [0.29, 0.717) is 5.56 Å². The molecule has 0 unspecified atom stereocenters. The summed E-state index contributed by atoms with van der Waals surface area (Å²) in [4.78, 5) is 10.4. The minimum absolute atomic E-state index is 0.0677. The maximum Gasteiger partial charge on any atom is 0.335 e. The van der Waals surface area contributed by atoms with Crippen molar-refractivity contribution in [1.29, 1.82) is 0 Å². The van der Waals surface area contributed by atoms with Gasteiger partial charge in [-0.3, -0.25) is 0 Å². The van der Waals surface area contributed by atoms with Crippen LogP contribution in [0.25, 0.3) is 0 Å². The van der Waals surface area contributed by atoms with Gasteiger partial charge < -0.3 is 10.8 Å². The van der Waals surface area contributed by atoms with E-state index in [1.165, 1.54) is 12.1 Å². The molecule has 0 amide bonds. The van der Waals surface area contributed by atoms with Gasteiger partial charge in [0.2, 0.25) is 0 Å². The van der Waals surface area contributed by atoms with Crippen LogP contribution in [0.3, 0.4) is 0 Å². The van der Waals surface area contributed by atoms with E-state index < -0.39 is 17.8 Å². The van der Waals surface area contributed by atoms with Crippen LogP contribution < -0.4 is 5.73 Å². The highest BCUT2D eigenvalue weighted by molar-refractivity contribution is 5.87. The Bertz CT molecular complexity index is 336. The average Bonchev–Trinajstić information content (AvgIpc) is 2.03. The smallest absolute Gasteiger partial charge is 0.335 e. The van der Waals surface area contributed by atoms with Crippen LogP contribution in [0.5, 0.6) is 0 Å². The van der Waals surface area contributed by atoms with Crippen molar-refractivity contribution >= 4 is 5.97 Å². The van der Waals surface area contributed by atoms with Gasteiger partial charge in [0, 0.05) is 11.6 Å². The molecule has 3 N–H and O–H groups in total. The van der Waals surface area contributed by atoms with Gasteiger partial charge in [-0.25, -0.2) is 9.18 Å². The zero-order valence-electron chi connectivity index (χ0n) is 7.12. The fraction of sp³-hybridized carbons (Fsp3) is 0.222. The Kier molecular flexibility index (Phi) is 2.63. The van der Waals surface area contributed by atoms with Crippen molar-refractivity contribution in [2.24, 2.45) is 5.73 Å². The number of carboxylic acid groups (broad SMARTS) is 1. The summed E-state index contributed by atoms with van der Waals surface area (Å²) < 4.78 is 13.1. The number of halogens is 1. The van der Waals surface area contributed by atoms with Crippen molar-refractivity contribution in [3.8, 4) is 0 Å². The highest BCUT2D eigenvalue weighted by Gasteiger charge is 2.10. The zero-order chi connectivity index (χ0) is 10.0. The Morgan fingerprint density at radius 1 is 1.62 bits per heavy atom. The lowest BCUT2D eigenvalue weighted by Gasteiger charge is -2.06. The number of hydrogen-bond acceptors (Lipinski definition) is 2. The first kappa shape index (κ1) is 9.67. The standard InChI is InChI=1S/C9H10FNO2/c1-5(11)7-3-2-6(9(12)13)4-8(7)10/h2-5H,11H2,1H3,(H,12,13)/t5-/m0/s1. The molecule has 4 heteroatoms. The Morgan fingerprint density at radius 3 is 2.62 bits per heavy atom. The number of rotatable bonds is 2. The lowest BCUT2D eigenvalue weighted by molar-refractivity contribution is 0.0696. The van der Waals surface area contributed by atoms with Crippen molar-refractivity contribution in [3.05, 3.63) is 35.1 Å². The third kappa shape index (κ3) is 2.03. The Hall–Kier alpha value is -1.42. The highest BCUT2D eigenvalue weighted by Crippen LogP contribution is 2.15. The molecule has 1 aromatic rings. The molecule has 1 rings (SSSR count). The van der Waals surface area contributed by atoms with Crippen LogP contribution in [0.2, 0.25) is 0 Å². The van der Waals surface area contributed by atoms with E-state index in [9.17, 15) is 9.18 Å². The lowest BCUT2D eigenvalue weighted by Crippen LogP contribution is -2.08. The second-order valence-electron chi connectivity index (χ2n) is 2.83. The fourth-order valence-corrected chi connectivity index (χ4v) is 1.03. The molecule has 0 fully saturated rings. The number of hydrogen-bond donors (Lipinski definition) is 2. The molecule has 0 radical (unpaired) electrons. The van der Waals surface area contributed by atoms with Gasteiger partial charge in [-0.1, -0.05) is 6.07 Å². The van der Waals surface area contributed by atoms with Crippen LogP contribution in [0.4, 0.5) is 4.39 Å². The van der Waals surface area contributed by atoms with Gasteiger partial charge in [-0.2, -0.15) is 0 Å². The summed E-state index contributed by atoms with van der Waals surface area (Å²) in [7, 11) is 0. The molecule has 13 heavy (non-hydrogen) atoms. The molecular weight excluding hydrogens is 173 g/mol. The third-order valence-electron chi connectivity index (χ3n) is 1.74. The molecular formula is C9H10FNO2. The molecule has 3 nitrogen and oxygen atoms in total. The van der Waals surface area contributed by atoms with E-state index in [-0.39, 0.29) is 5.56 Å². The average molecular weight is 183 g/mol. The van der Waals surface area contributed by atoms with Gasteiger partial charge in [0.05, 0.1) is 5.56 Å². The van der Waals surface area contributed by atoms with Crippen molar-refractivity contribution < 1.29 is 14.3 Å². The molecule has 1 atom stereocenters. The number of carboxylic acids is 1. The maximum absolute atomic E-state index is 13.1. The minimum Gasteiger partial charge on any atom is -0.478 e. The molecule has 0 spiro atoms. The van der Waals surface area contributed by atoms with Gasteiger partial charge in [0.15, 0.2) is 0 Å². The predicted octanol–water partition coefficient (Wildman–Crippen LogP) is 1.54. The predicted molar refractivity (Wildman–Crippen MR) is 46.0 cm³/mol. The topological polar surface area (TPSA) is 63.3 Å². The van der Waals surface area contributed by atoms with Gasteiger partial charge in [0.25, 0.3) is 0 Å². The minimum atomic E-state index is -1.14. The third-order valence-corrected chi connectivity index (χ3v) is 1.74. The van der Waals surface area contributed by atoms with Crippen molar-refractivity contribution in [2.75, 3.05) is 0 Å². The normalized spacial score (nSPS) is 12.5. The molecule has 0 bridgehead atoms. The van der Waals surface area contributed by atoms with Crippen LogP contribution in [-0.4, -0.2) is 11.1 Å². The molecule has 0 aliphatic rings. The van der Waals surface area contributed by atoms with Gasteiger partial charge in [0.1, 0.15) is 5.82 Å². The largest absolute Gasteiger partial charge is 0.478 e. The number of benzene rings is 1. The molecule has 1 aromatic carbocycles. The summed E-state index contributed by atoms with van der Waals surface area (Å²) in [6, 6.07) is 3.28. The van der Waals surface area contributed by atoms with E-state index in [0.717, 1.165) is 6.07 Å². The summed E-state index contributed by atoms with van der Waals surface area (Å²) >= 11 is 0. The Morgan fingerprint density at radius 2 is 2.23 bits per heavy atom. The molecule has 0 heterocycles. The summed E-state index contributed by atoms with van der Waals surface area (Å²) in [5, 5.41) is 8.54. The van der Waals surface area contributed by atoms with Crippen molar-refractivity contribution in [3.63, 3.8) is 0 Å². The fourth-order valence-electron chi connectivity index (χ4n) is 1.03. The highest BCUT2D eigenvalue weighted by atomic mass is 19.1. The van der Waals surface area contributed by atoms with Crippen molar-refractivity contribution in [2.45, 2.75) is 13.0 Å². The molecule has 0 saturated heterocycles. The van der Waals surface area contributed by atoms with E-state index >= 15 is 0 Å². The van der Waals surface area contributed by atoms with E-state index in [1.807, 2.05) is 0 Å². The summed E-state index contributed by atoms with van der Waals surface area (Å²) in [6.45, 7) is 1.64. The van der Waals surface area contributed by atoms with Gasteiger partial charge in [-0.05, 0) is 19.1 Å². The van der Waals surface area contributed by atoms with Crippen LogP contribution in [0, 0.1) is 5.82 Å². The van der Waals surface area contributed by atoms with Gasteiger partial charge >= 0.3 is 5.97 Å². The Labute approximate surface area is 75.0 Å². The second kappa shape index (κ2) is 3.53. The zero-order valence-corrected chi connectivity index (χ0v) is 7.12. The van der Waals surface area contributed by atoms with E-state index in [2.05, 4.69) is 0 Å². The maximum atomic E-state index is 13.1. The number of carbonyl (C=O) groups is 1. The SMILES string of the molecule is C[C@H](N)c1ccc(C(=O)O)cc1F. The van der Waals surface area contributed by atoms with Crippen LogP contribution in [0.1, 0.15) is 28.9 Å². The van der Waals surface area contributed by atoms with Crippen LogP contribution in [0.15, 0.2) is 18.2 Å². The first-order valence-electron chi connectivity index (χ1n) is 3.80. The first-order valence-corrected chi connectivity index (χ1v) is 3.80. The molecule has 0 aromatic heterocycles. The number of aromatic carboxylic acids is 1. The van der Waals surface area contributed by atoms with Gasteiger partial charge in [-0.15, -0.1) is 0 Å². The number of nitrogens with two attached hydrogens (primary N) is 1. The van der Waals surface area contributed by atoms with Crippen LogP contribution >= 0.6 is 0 Å². The monoisotopic (exact) mass is 183 g/mol. The Balaban J connectivity index is 3.13. The quantitative estimate of drug-likeness (QED) is 0.731. The molecule has 70 valence electrons. The molecule has 0 aliphatic carbocycles. The summed E-state index contributed by atoms with van der Waals surface area (Å²) in [5.41, 5.74) is 5.71. The molecule has 0 aliphatic heterocycles. The summed E-state index contributed by atoms with van der Waals surface area (Å²) in [5.74, 6) is -1.72. The summed E-state index contributed by atoms with van der Waals surface area (Å²) in [6.07, 6.45) is 0. The van der Waals surface area contributed by atoms with E-state index in [1.54, 1.807) is 6.92 Å². The van der Waals surface area contributed by atoms with Crippen molar-refractivity contribution in [1.82, 2.24) is 0 Å². The first-order chi connectivity index (χ1) is 6.02. The lowest BCUT2D eigenvalue weighted by atomic mass is 10.1. The van der Waals surface area contributed by atoms with Crippen LogP contribution in [-0.2, 0) is 0 Å². The van der Waals surface area contributed by atoms with E-state index in [4.69, 9.17) is 10.8 Å².